The third-order valence-corrected chi connectivity index (χ3v) is 4.17. The van der Waals surface area contributed by atoms with E-state index in [0.717, 1.165) is 36.4 Å². The number of hydrogen-bond acceptors (Lipinski definition) is 2. The van der Waals surface area contributed by atoms with Crippen LogP contribution in [0.5, 0.6) is 0 Å². The molecule has 0 amide bonds. The van der Waals surface area contributed by atoms with Crippen molar-refractivity contribution in [1.29, 1.82) is 0 Å². The second-order valence-corrected chi connectivity index (χ2v) is 5.87. The lowest BCUT2D eigenvalue weighted by Gasteiger charge is -2.33. The summed E-state index contributed by atoms with van der Waals surface area (Å²) in [5, 5.41) is 14.2. The third-order valence-electron chi connectivity index (χ3n) is 3.61. The Morgan fingerprint density at radius 2 is 2.11 bits per heavy atom. The summed E-state index contributed by atoms with van der Waals surface area (Å²) < 4.78 is 0. The first-order valence-corrected chi connectivity index (χ1v) is 7.22. The average Bonchev–Trinajstić information content (AvgIpc) is 2.29. The largest absolute Gasteiger partial charge is 0.393 e. The highest BCUT2D eigenvalue weighted by Gasteiger charge is 2.27. The molecular formula is C14H19Cl2NO. The minimum absolute atomic E-state index is 0.0870. The second kappa shape index (κ2) is 6.25. The van der Waals surface area contributed by atoms with E-state index in [2.05, 4.69) is 12.2 Å². The number of benzene rings is 1. The zero-order valence-electron chi connectivity index (χ0n) is 10.5. The molecule has 0 heterocycles. The van der Waals surface area contributed by atoms with Gasteiger partial charge < -0.3 is 10.4 Å². The average molecular weight is 288 g/mol. The monoisotopic (exact) mass is 287 g/mol. The number of halogens is 2. The van der Waals surface area contributed by atoms with Crippen LogP contribution < -0.4 is 5.32 Å². The molecule has 2 rings (SSSR count). The molecule has 0 bridgehead atoms. The van der Waals surface area contributed by atoms with Gasteiger partial charge in [-0.1, -0.05) is 36.2 Å². The SMILES string of the molecule is CCC(NCC1CC(O)C1)c1ccc(Cl)cc1Cl. The summed E-state index contributed by atoms with van der Waals surface area (Å²) >= 11 is 12.1. The smallest absolute Gasteiger partial charge is 0.0546 e. The zero-order chi connectivity index (χ0) is 13.1. The highest BCUT2D eigenvalue weighted by Crippen LogP contribution is 2.30. The van der Waals surface area contributed by atoms with Gasteiger partial charge in [-0.25, -0.2) is 0 Å². The maximum Gasteiger partial charge on any atom is 0.0546 e. The first-order valence-electron chi connectivity index (χ1n) is 6.46. The molecule has 1 aliphatic carbocycles. The first kappa shape index (κ1) is 14.1. The molecule has 18 heavy (non-hydrogen) atoms. The number of aliphatic hydroxyl groups excluding tert-OH is 1. The Kier molecular flexibility index (Phi) is 4.91. The van der Waals surface area contributed by atoms with Crippen molar-refractivity contribution in [2.75, 3.05) is 6.54 Å². The number of aliphatic hydroxyl groups is 1. The molecule has 0 radical (unpaired) electrons. The normalized spacial score (nSPS) is 24.7. The maximum absolute atomic E-state index is 9.27. The van der Waals surface area contributed by atoms with Crippen LogP contribution in [0, 0.1) is 5.92 Å². The van der Waals surface area contributed by atoms with E-state index in [9.17, 15) is 5.11 Å². The minimum atomic E-state index is -0.0870. The van der Waals surface area contributed by atoms with E-state index < -0.39 is 0 Å². The van der Waals surface area contributed by atoms with Gasteiger partial charge >= 0.3 is 0 Å². The van der Waals surface area contributed by atoms with Crippen molar-refractivity contribution in [3.63, 3.8) is 0 Å². The quantitative estimate of drug-likeness (QED) is 0.863. The maximum atomic E-state index is 9.27. The van der Waals surface area contributed by atoms with E-state index in [1.54, 1.807) is 6.07 Å². The van der Waals surface area contributed by atoms with E-state index in [-0.39, 0.29) is 12.1 Å². The van der Waals surface area contributed by atoms with Crippen LogP contribution in [0.3, 0.4) is 0 Å². The number of rotatable bonds is 5. The molecule has 1 aromatic rings. The van der Waals surface area contributed by atoms with Crippen LogP contribution in [0.25, 0.3) is 0 Å². The summed E-state index contributed by atoms with van der Waals surface area (Å²) in [5.41, 5.74) is 1.10. The zero-order valence-corrected chi connectivity index (χ0v) is 12.0. The fourth-order valence-electron chi connectivity index (χ4n) is 2.43. The van der Waals surface area contributed by atoms with Gasteiger partial charge in [0, 0.05) is 16.1 Å². The molecule has 2 nitrogen and oxygen atoms in total. The molecule has 1 unspecified atom stereocenters. The van der Waals surface area contributed by atoms with E-state index in [4.69, 9.17) is 23.2 Å². The van der Waals surface area contributed by atoms with Crippen molar-refractivity contribution in [2.24, 2.45) is 5.92 Å². The highest BCUT2D eigenvalue weighted by atomic mass is 35.5. The Morgan fingerprint density at radius 1 is 1.39 bits per heavy atom. The molecule has 1 saturated carbocycles. The Hall–Kier alpha value is -0.280. The van der Waals surface area contributed by atoms with Crippen LogP contribution in [0.2, 0.25) is 10.0 Å². The standard InChI is InChI=1S/C14H19Cl2NO/c1-2-14(17-8-9-5-11(18)6-9)12-4-3-10(15)7-13(12)16/h3-4,7,9,11,14,17-18H,2,5-6,8H2,1H3. The van der Waals surface area contributed by atoms with Crippen molar-refractivity contribution >= 4 is 23.2 Å². The molecule has 1 fully saturated rings. The lowest BCUT2D eigenvalue weighted by molar-refractivity contribution is 0.0418. The van der Waals surface area contributed by atoms with Crippen LogP contribution in [0.1, 0.15) is 37.8 Å². The van der Waals surface area contributed by atoms with Gasteiger partial charge in [-0.05, 0) is 49.4 Å². The number of hydrogen-bond donors (Lipinski definition) is 2. The fourth-order valence-corrected chi connectivity index (χ4v) is 2.97. The van der Waals surface area contributed by atoms with Crippen LogP contribution in [-0.2, 0) is 0 Å². The summed E-state index contributed by atoms with van der Waals surface area (Å²) in [6.07, 6.45) is 2.72. The van der Waals surface area contributed by atoms with Crippen molar-refractivity contribution in [1.82, 2.24) is 5.32 Å². The Morgan fingerprint density at radius 3 is 2.67 bits per heavy atom. The lowest BCUT2D eigenvalue weighted by Crippen LogP contribution is -2.37. The van der Waals surface area contributed by atoms with Crippen molar-refractivity contribution in [3.8, 4) is 0 Å². The molecule has 1 aliphatic rings. The number of nitrogens with one attached hydrogen (secondary N) is 1. The summed E-state index contributed by atoms with van der Waals surface area (Å²) in [4.78, 5) is 0. The third kappa shape index (κ3) is 3.39. The Balaban J connectivity index is 1.95. The predicted octanol–water partition coefficient (Wildman–Crippen LogP) is 3.81. The van der Waals surface area contributed by atoms with Gasteiger partial charge in [0.1, 0.15) is 0 Å². The van der Waals surface area contributed by atoms with E-state index in [1.807, 2.05) is 12.1 Å². The summed E-state index contributed by atoms with van der Waals surface area (Å²) in [6, 6.07) is 5.91. The van der Waals surface area contributed by atoms with Crippen molar-refractivity contribution < 1.29 is 5.11 Å². The van der Waals surface area contributed by atoms with Gasteiger partial charge in [0.2, 0.25) is 0 Å². The molecule has 2 N–H and O–H groups in total. The van der Waals surface area contributed by atoms with Crippen LogP contribution in [-0.4, -0.2) is 17.8 Å². The Bertz CT molecular complexity index is 405. The van der Waals surface area contributed by atoms with Gasteiger partial charge in [-0.15, -0.1) is 0 Å². The van der Waals surface area contributed by atoms with Crippen LogP contribution in [0.4, 0.5) is 0 Å². The predicted molar refractivity (Wildman–Crippen MR) is 76.2 cm³/mol. The summed E-state index contributed by atoms with van der Waals surface area (Å²) in [7, 11) is 0. The van der Waals surface area contributed by atoms with Crippen molar-refractivity contribution in [2.45, 2.75) is 38.3 Å². The summed E-state index contributed by atoms with van der Waals surface area (Å²) in [6.45, 7) is 3.08. The molecule has 1 atom stereocenters. The molecule has 100 valence electrons. The molecule has 1 aromatic carbocycles. The molecular weight excluding hydrogens is 269 g/mol. The second-order valence-electron chi connectivity index (χ2n) is 5.03. The molecule has 4 heteroatoms. The van der Waals surface area contributed by atoms with Gasteiger partial charge in [0.25, 0.3) is 0 Å². The molecule has 0 aromatic heterocycles. The van der Waals surface area contributed by atoms with E-state index >= 15 is 0 Å². The van der Waals surface area contributed by atoms with E-state index in [0.29, 0.717) is 10.9 Å². The van der Waals surface area contributed by atoms with Gasteiger partial charge in [0.05, 0.1) is 6.10 Å². The Labute approximate surface area is 118 Å². The van der Waals surface area contributed by atoms with Crippen LogP contribution in [0.15, 0.2) is 18.2 Å². The fraction of sp³-hybridized carbons (Fsp3) is 0.571. The molecule has 0 saturated heterocycles. The van der Waals surface area contributed by atoms with Crippen LogP contribution >= 0.6 is 23.2 Å². The molecule has 0 spiro atoms. The van der Waals surface area contributed by atoms with Gasteiger partial charge in [0.15, 0.2) is 0 Å². The topological polar surface area (TPSA) is 32.3 Å². The summed E-state index contributed by atoms with van der Waals surface area (Å²) in [5.74, 6) is 0.597. The minimum Gasteiger partial charge on any atom is -0.393 e. The molecule has 0 aliphatic heterocycles. The lowest BCUT2D eigenvalue weighted by atomic mass is 9.82. The van der Waals surface area contributed by atoms with Gasteiger partial charge in [-0.2, -0.15) is 0 Å². The highest BCUT2D eigenvalue weighted by molar-refractivity contribution is 6.35. The first-order chi connectivity index (χ1) is 8.60. The van der Waals surface area contributed by atoms with Gasteiger partial charge in [-0.3, -0.25) is 0 Å². The van der Waals surface area contributed by atoms with E-state index in [1.165, 1.54) is 0 Å². The van der Waals surface area contributed by atoms with Crippen molar-refractivity contribution in [3.05, 3.63) is 33.8 Å².